The molecule has 0 aliphatic rings. The number of nitrogens with zero attached hydrogens (tertiary/aromatic N) is 2. The van der Waals surface area contributed by atoms with Crippen molar-refractivity contribution in [1.29, 1.82) is 0 Å². The molecule has 0 aliphatic carbocycles. The molecule has 0 atom stereocenters. The van der Waals surface area contributed by atoms with Crippen molar-refractivity contribution in [3.63, 3.8) is 0 Å². The zero-order chi connectivity index (χ0) is 21.1. The molecule has 0 spiro atoms. The fourth-order valence-electron chi connectivity index (χ4n) is 3.15. The van der Waals surface area contributed by atoms with E-state index in [-0.39, 0.29) is 10.8 Å². The van der Waals surface area contributed by atoms with Crippen LogP contribution in [0.2, 0.25) is 0 Å². The fourth-order valence-corrected chi connectivity index (χ4v) is 3.15. The highest BCUT2D eigenvalue weighted by Crippen LogP contribution is 2.24. The third-order valence-corrected chi connectivity index (χ3v) is 4.71. The van der Waals surface area contributed by atoms with Crippen molar-refractivity contribution in [2.45, 2.75) is 19.8 Å². The first-order valence-electron chi connectivity index (χ1n) is 9.56. The summed E-state index contributed by atoms with van der Waals surface area (Å²) in [5.74, 6) is 2.76. The van der Waals surface area contributed by atoms with Gasteiger partial charge in [-0.3, -0.25) is 0 Å². The average Bonchev–Trinajstić information content (AvgIpc) is 2.77. The van der Waals surface area contributed by atoms with Crippen LogP contribution in [-0.4, -0.2) is 9.97 Å². The van der Waals surface area contributed by atoms with Crippen molar-refractivity contribution in [2.75, 3.05) is 0 Å². The third kappa shape index (κ3) is 4.04. The Hall–Kier alpha value is -3.65. The van der Waals surface area contributed by atoms with Gasteiger partial charge in [-0.25, -0.2) is 23.1 Å². The second kappa shape index (κ2) is 8.38. The number of aryl methyl sites for hydroxylation is 1. The fraction of sp³-hybridized carbons (Fsp3) is 0.120. The highest BCUT2D eigenvalue weighted by Gasteiger charge is 2.13. The molecule has 0 saturated heterocycles. The first-order valence-corrected chi connectivity index (χ1v) is 9.56. The van der Waals surface area contributed by atoms with Crippen LogP contribution in [0.1, 0.15) is 30.0 Å². The lowest BCUT2D eigenvalue weighted by atomic mass is 10.1. The van der Waals surface area contributed by atoms with E-state index >= 15 is 0 Å². The third-order valence-electron chi connectivity index (χ3n) is 4.71. The summed E-state index contributed by atoms with van der Waals surface area (Å²) < 4.78 is 40.6. The highest BCUT2D eigenvalue weighted by molar-refractivity contribution is 5.84. The van der Waals surface area contributed by atoms with Gasteiger partial charge in [-0.05, 0) is 59.8 Å². The monoisotopic (exact) mass is 402 g/mol. The van der Waals surface area contributed by atoms with Gasteiger partial charge in [-0.15, -0.1) is 0 Å². The molecule has 5 heteroatoms. The number of benzene rings is 3. The van der Waals surface area contributed by atoms with Crippen LogP contribution in [0.25, 0.3) is 22.2 Å². The molecule has 2 nitrogen and oxygen atoms in total. The van der Waals surface area contributed by atoms with Gasteiger partial charge in [0, 0.05) is 34.5 Å². The molecule has 0 unspecified atom stereocenters. The van der Waals surface area contributed by atoms with E-state index in [2.05, 4.69) is 28.7 Å². The lowest BCUT2D eigenvalue weighted by molar-refractivity contribution is 0.453. The van der Waals surface area contributed by atoms with Crippen LogP contribution in [-0.2, 0) is 6.42 Å². The molecule has 30 heavy (non-hydrogen) atoms. The van der Waals surface area contributed by atoms with Crippen molar-refractivity contribution in [3.8, 4) is 23.2 Å². The molecule has 0 N–H and O–H groups in total. The van der Waals surface area contributed by atoms with Crippen molar-refractivity contribution < 1.29 is 13.2 Å². The van der Waals surface area contributed by atoms with Crippen LogP contribution in [0.4, 0.5) is 13.2 Å². The zero-order valence-corrected chi connectivity index (χ0v) is 16.2. The Morgan fingerprint density at radius 2 is 1.47 bits per heavy atom. The average molecular weight is 402 g/mol. The Morgan fingerprint density at radius 1 is 0.800 bits per heavy atom. The Bertz CT molecular complexity index is 1270. The van der Waals surface area contributed by atoms with E-state index in [1.165, 1.54) is 12.1 Å². The summed E-state index contributed by atoms with van der Waals surface area (Å²) in [7, 11) is 0. The molecule has 1 heterocycles. The van der Waals surface area contributed by atoms with Gasteiger partial charge in [0.05, 0.1) is 0 Å². The van der Waals surface area contributed by atoms with Crippen LogP contribution >= 0.6 is 0 Å². The molecule has 0 bridgehead atoms. The first kappa shape index (κ1) is 19.7. The van der Waals surface area contributed by atoms with Crippen molar-refractivity contribution >= 4 is 10.8 Å². The summed E-state index contributed by atoms with van der Waals surface area (Å²) in [5, 5.41) is 0.283. The molecule has 4 aromatic rings. The Balaban J connectivity index is 1.56. The van der Waals surface area contributed by atoms with Crippen LogP contribution < -0.4 is 0 Å². The predicted octanol–water partition coefficient (Wildman–Crippen LogP) is 6.07. The van der Waals surface area contributed by atoms with Crippen molar-refractivity contribution in [2.24, 2.45) is 0 Å². The molecule has 0 radical (unpaired) electrons. The Labute approximate surface area is 172 Å². The smallest absolute Gasteiger partial charge is 0.195 e. The van der Waals surface area contributed by atoms with Crippen LogP contribution in [0.5, 0.6) is 0 Å². The molecule has 0 fully saturated rings. The maximum absolute atomic E-state index is 13.8. The van der Waals surface area contributed by atoms with E-state index in [0.29, 0.717) is 11.4 Å². The van der Waals surface area contributed by atoms with Gasteiger partial charge >= 0.3 is 0 Å². The van der Waals surface area contributed by atoms with Gasteiger partial charge in [0.2, 0.25) is 0 Å². The summed E-state index contributed by atoms with van der Waals surface area (Å²) in [6.07, 6.45) is 5.69. The van der Waals surface area contributed by atoms with Gasteiger partial charge in [-0.1, -0.05) is 31.3 Å². The summed E-state index contributed by atoms with van der Waals surface area (Å²) in [4.78, 5) is 8.81. The van der Waals surface area contributed by atoms with Gasteiger partial charge in [0.25, 0.3) is 0 Å². The summed E-state index contributed by atoms with van der Waals surface area (Å²) in [6, 6.07) is 13.0. The standard InChI is InChI=1S/C25H17F3N2/c1-2-3-18-14-29-25(30-15-18)19-9-6-16(7-10-19)4-5-17-8-11-21-20(12-17)13-22(26)24(28)23(21)27/h6-15H,2-3H2,1H3. The molecular weight excluding hydrogens is 385 g/mol. The molecule has 3 aromatic carbocycles. The van der Waals surface area contributed by atoms with Crippen LogP contribution in [0.15, 0.2) is 60.9 Å². The van der Waals surface area contributed by atoms with Crippen molar-refractivity contribution in [3.05, 3.63) is 95.1 Å². The lowest BCUT2D eigenvalue weighted by Gasteiger charge is -2.03. The largest absolute Gasteiger partial charge is 0.236 e. The minimum absolute atomic E-state index is 0.0220. The van der Waals surface area contributed by atoms with E-state index < -0.39 is 17.5 Å². The molecule has 4 rings (SSSR count). The quantitative estimate of drug-likeness (QED) is 0.307. The maximum atomic E-state index is 13.8. The van der Waals surface area contributed by atoms with E-state index in [9.17, 15) is 13.2 Å². The van der Waals surface area contributed by atoms with Gasteiger partial charge in [-0.2, -0.15) is 0 Å². The highest BCUT2D eigenvalue weighted by atomic mass is 19.2. The molecule has 0 saturated carbocycles. The van der Waals surface area contributed by atoms with E-state index in [1.54, 1.807) is 6.07 Å². The maximum Gasteiger partial charge on any atom is 0.195 e. The van der Waals surface area contributed by atoms with Crippen LogP contribution in [0, 0.1) is 29.3 Å². The molecule has 0 amide bonds. The second-order valence-corrected chi connectivity index (χ2v) is 6.91. The lowest BCUT2D eigenvalue weighted by Crippen LogP contribution is -1.92. The minimum atomic E-state index is -1.47. The topological polar surface area (TPSA) is 25.8 Å². The number of fused-ring (bicyclic) bond motifs is 1. The Kier molecular flexibility index (Phi) is 5.49. The summed E-state index contributed by atoms with van der Waals surface area (Å²) in [6.45, 7) is 2.11. The van der Waals surface area contributed by atoms with E-state index in [1.807, 2.05) is 36.7 Å². The molecular formula is C25H17F3N2. The second-order valence-electron chi connectivity index (χ2n) is 6.91. The Morgan fingerprint density at radius 3 is 2.17 bits per heavy atom. The molecule has 1 aromatic heterocycles. The number of aromatic nitrogens is 2. The normalized spacial score (nSPS) is 10.7. The summed E-state index contributed by atoms with van der Waals surface area (Å²) >= 11 is 0. The van der Waals surface area contributed by atoms with E-state index in [4.69, 9.17) is 0 Å². The minimum Gasteiger partial charge on any atom is -0.236 e. The number of hydrogen-bond acceptors (Lipinski definition) is 2. The number of halogens is 3. The van der Waals surface area contributed by atoms with Gasteiger partial charge in [0.15, 0.2) is 23.3 Å². The number of hydrogen-bond donors (Lipinski definition) is 0. The predicted molar refractivity (Wildman–Crippen MR) is 111 cm³/mol. The van der Waals surface area contributed by atoms with Gasteiger partial charge < -0.3 is 0 Å². The zero-order valence-electron chi connectivity index (χ0n) is 16.2. The number of rotatable bonds is 3. The SMILES string of the molecule is CCCc1cnc(-c2ccc(C#Cc3ccc4c(F)c(F)c(F)cc4c3)cc2)nc1. The van der Waals surface area contributed by atoms with Gasteiger partial charge in [0.1, 0.15) is 0 Å². The molecule has 0 aliphatic heterocycles. The first-order chi connectivity index (χ1) is 14.5. The van der Waals surface area contributed by atoms with E-state index in [0.717, 1.165) is 35.6 Å². The summed E-state index contributed by atoms with van der Waals surface area (Å²) in [5.41, 5.74) is 3.36. The van der Waals surface area contributed by atoms with Crippen LogP contribution in [0.3, 0.4) is 0 Å². The molecule has 148 valence electrons. The van der Waals surface area contributed by atoms with Crippen molar-refractivity contribution in [1.82, 2.24) is 9.97 Å².